The summed E-state index contributed by atoms with van der Waals surface area (Å²) in [5.41, 5.74) is 0.852. The van der Waals surface area contributed by atoms with Gasteiger partial charge in [-0.15, -0.1) is 10.2 Å². The zero-order valence-corrected chi connectivity index (χ0v) is 12.2. The van der Waals surface area contributed by atoms with Gasteiger partial charge in [0.1, 0.15) is 5.82 Å². The highest BCUT2D eigenvalue weighted by Crippen LogP contribution is 2.20. The third-order valence-electron chi connectivity index (χ3n) is 3.23. The molecule has 3 rings (SSSR count). The fraction of sp³-hybridized carbons (Fsp3) is 0.118. The lowest BCUT2D eigenvalue weighted by Crippen LogP contribution is -2.25. The largest absolute Gasteiger partial charge is 0.421 e. The molecular weight excluding hydrogens is 297 g/mol. The standard InChI is InChI=1S/C17H14FN3O2/c18-14-9-5-4-8-13(14)17-21-20-15(23-17)10-11-19-16(22)12-6-2-1-3-7-12/h1-9H,10-11H2,(H,19,22). The molecule has 1 heterocycles. The van der Waals surface area contributed by atoms with Crippen LogP contribution in [0.1, 0.15) is 16.2 Å². The van der Waals surface area contributed by atoms with E-state index in [-0.39, 0.29) is 17.4 Å². The van der Waals surface area contributed by atoms with Gasteiger partial charge in [-0.25, -0.2) is 4.39 Å². The molecule has 3 aromatic rings. The fourth-order valence-corrected chi connectivity index (χ4v) is 2.07. The van der Waals surface area contributed by atoms with Crippen LogP contribution >= 0.6 is 0 Å². The number of nitrogens with zero attached hydrogens (tertiary/aromatic N) is 2. The number of benzene rings is 2. The van der Waals surface area contributed by atoms with E-state index in [9.17, 15) is 9.18 Å². The van der Waals surface area contributed by atoms with Crippen molar-refractivity contribution in [3.63, 3.8) is 0 Å². The smallest absolute Gasteiger partial charge is 0.251 e. The van der Waals surface area contributed by atoms with Gasteiger partial charge in [0.15, 0.2) is 0 Å². The third kappa shape index (κ3) is 3.60. The summed E-state index contributed by atoms with van der Waals surface area (Å²) in [5.74, 6) is -0.108. The van der Waals surface area contributed by atoms with Gasteiger partial charge in [-0.2, -0.15) is 0 Å². The van der Waals surface area contributed by atoms with Crippen LogP contribution < -0.4 is 5.32 Å². The Morgan fingerprint density at radius 1 is 1.04 bits per heavy atom. The van der Waals surface area contributed by atoms with Gasteiger partial charge in [-0.3, -0.25) is 4.79 Å². The molecule has 6 heteroatoms. The SMILES string of the molecule is O=C(NCCc1nnc(-c2ccccc2F)o1)c1ccccc1. The number of rotatable bonds is 5. The first-order chi connectivity index (χ1) is 11.2. The first kappa shape index (κ1) is 14.9. The predicted molar refractivity (Wildman–Crippen MR) is 82.2 cm³/mol. The fourth-order valence-electron chi connectivity index (χ4n) is 2.07. The van der Waals surface area contributed by atoms with Crippen LogP contribution in [-0.4, -0.2) is 22.6 Å². The summed E-state index contributed by atoms with van der Waals surface area (Å²) in [6, 6.07) is 15.1. The van der Waals surface area contributed by atoms with Crippen molar-refractivity contribution < 1.29 is 13.6 Å². The molecule has 1 N–H and O–H groups in total. The van der Waals surface area contributed by atoms with Gasteiger partial charge < -0.3 is 9.73 Å². The van der Waals surface area contributed by atoms with Crippen LogP contribution in [-0.2, 0) is 6.42 Å². The van der Waals surface area contributed by atoms with Crippen molar-refractivity contribution in [2.45, 2.75) is 6.42 Å². The summed E-state index contributed by atoms with van der Waals surface area (Å²) >= 11 is 0. The highest BCUT2D eigenvalue weighted by molar-refractivity contribution is 5.94. The Labute approximate surface area is 132 Å². The van der Waals surface area contributed by atoms with Crippen LogP contribution in [0.25, 0.3) is 11.5 Å². The van der Waals surface area contributed by atoms with Crippen molar-refractivity contribution in [3.8, 4) is 11.5 Å². The zero-order chi connectivity index (χ0) is 16.1. The van der Waals surface area contributed by atoms with E-state index in [0.29, 0.717) is 24.4 Å². The molecule has 0 aliphatic carbocycles. The first-order valence-corrected chi connectivity index (χ1v) is 7.14. The lowest BCUT2D eigenvalue weighted by atomic mass is 10.2. The van der Waals surface area contributed by atoms with Crippen molar-refractivity contribution in [1.29, 1.82) is 0 Å². The Hall–Kier alpha value is -3.02. The number of carbonyl (C=O) groups excluding carboxylic acids is 1. The van der Waals surface area contributed by atoms with Crippen LogP contribution in [0, 0.1) is 5.82 Å². The van der Waals surface area contributed by atoms with Gasteiger partial charge in [-0.1, -0.05) is 30.3 Å². The highest BCUT2D eigenvalue weighted by atomic mass is 19.1. The second-order valence-corrected chi connectivity index (χ2v) is 4.85. The Kier molecular flexibility index (Phi) is 4.42. The van der Waals surface area contributed by atoms with Gasteiger partial charge in [0, 0.05) is 18.5 Å². The van der Waals surface area contributed by atoms with Crippen LogP contribution in [0.5, 0.6) is 0 Å². The molecule has 0 saturated carbocycles. The van der Waals surface area contributed by atoms with E-state index in [1.807, 2.05) is 6.07 Å². The topological polar surface area (TPSA) is 68.0 Å². The molecule has 0 spiro atoms. The predicted octanol–water partition coefficient (Wildman–Crippen LogP) is 2.85. The number of hydrogen-bond donors (Lipinski definition) is 1. The molecule has 5 nitrogen and oxygen atoms in total. The lowest BCUT2D eigenvalue weighted by molar-refractivity contribution is 0.0953. The van der Waals surface area contributed by atoms with E-state index < -0.39 is 5.82 Å². The molecule has 1 aromatic heterocycles. The average Bonchev–Trinajstić information content (AvgIpc) is 3.04. The molecule has 0 fully saturated rings. The lowest BCUT2D eigenvalue weighted by Gasteiger charge is -2.02. The molecule has 0 saturated heterocycles. The second-order valence-electron chi connectivity index (χ2n) is 4.85. The van der Waals surface area contributed by atoms with Crippen molar-refractivity contribution in [2.75, 3.05) is 6.54 Å². The number of amides is 1. The Morgan fingerprint density at radius 3 is 2.57 bits per heavy atom. The maximum atomic E-state index is 13.6. The van der Waals surface area contributed by atoms with E-state index >= 15 is 0 Å². The monoisotopic (exact) mass is 311 g/mol. The number of aromatic nitrogens is 2. The van der Waals surface area contributed by atoms with Crippen LogP contribution in [0.3, 0.4) is 0 Å². The molecule has 23 heavy (non-hydrogen) atoms. The third-order valence-corrected chi connectivity index (χ3v) is 3.23. The van der Waals surface area contributed by atoms with Crippen LogP contribution in [0.15, 0.2) is 59.0 Å². The van der Waals surface area contributed by atoms with Crippen molar-refractivity contribution in [2.24, 2.45) is 0 Å². The maximum Gasteiger partial charge on any atom is 0.251 e. The van der Waals surface area contributed by atoms with Crippen molar-refractivity contribution >= 4 is 5.91 Å². The summed E-state index contributed by atoms with van der Waals surface area (Å²) < 4.78 is 19.1. The molecule has 0 unspecified atom stereocenters. The van der Waals surface area contributed by atoms with E-state index in [1.165, 1.54) is 6.07 Å². The minimum absolute atomic E-state index is 0.132. The zero-order valence-electron chi connectivity index (χ0n) is 12.2. The van der Waals surface area contributed by atoms with Crippen molar-refractivity contribution in [1.82, 2.24) is 15.5 Å². The van der Waals surface area contributed by atoms with E-state index in [2.05, 4.69) is 15.5 Å². The van der Waals surface area contributed by atoms with E-state index in [4.69, 9.17) is 4.42 Å². The summed E-state index contributed by atoms with van der Waals surface area (Å²) in [4.78, 5) is 11.9. The normalized spacial score (nSPS) is 10.5. The Morgan fingerprint density at radius 2 is 1.78 bits per heavy atom. The average molecular weight is 311 g/mol. The molecule has 0 aliphatic rings. The Bertz CT molecular complexity index is 802. The molecule has 116 valence electrons. The minimum Gasteiger partial charge on any atom is -0.421 e. The van der Waals surface area contributed by atoms with E-state index in [0.717, 1.165) is 0 Å². The van der Waals surface area contributed by atoms with Gasteiger partial charge in [0.2, 0.25) is 5.89 Å². The van der Waals surface area contributed by atoms with Gasteiger partial charge in [0.25, 0.3) is 11.8 Å². The maximum absolute atomic E-state index is 13.6. The molecule has 0 atom stereocenters. The molecule has 0 aliphatic heterocycles. The number of hydrogen-bond acceptors (Lipinski definition) is 4. The second kappa shape index (κ2) is 6.83. The minimum atomic E-state index is -0.417. The van der Waals surface area contributed by atoms with Gasteiger partial charge in [-0.05, 0) is 24.3 Å². The van der Waals surface area contributed by atoms with Crippen LogP contribution in [0.4, 0.5) is 4.39 Å². The molecule has 1 amide bonds. The number of carbonyl (C=O) groups is 1. The molecule has 2 aromatic carbocycles. The number of halogens is 1. The summed E-state index contributed by atoms with van der Waals surface area (Å²) in [6.45, 7) is 0.354. The molecule has 0 radical (unpaired) electrons. The van der Waals surface area contributed by atoms with Crippen molar-refractivity contribution in [3.05, 3.63) is 71.9 Å². The summed E-state index contributed by atoms with van der Waals surface area (Å²) in [7, 11) is 0. The van der Waals surface area contributed by atoms with Gasteiger partial charge in [0.05, 0.1) is 5.56 Å². The highest BCUT2D eigenvalue weighted by Gasteiger charge is 2.12. The Balaban J connectivity index is 1.58. The quantitative estimate of drug-likeness (QED) is 0.786. The van der Waals surface area contributed by atoms with E-state index in [1.54, 1.807) is 42.5 Å². The molecular formula is C17H14FN3O2. The summed E-state index contributed by atoms with van der Waals surface area (Å²) in [5, 5.41) is 10.5. The molecule has 0 bridgehead atoms. The van der Waals surface area contributed by atoms with Crippen LogP contribution in [0.2, 0.25) is 0 Å². The summed E-state index contributed by atoms with van der Waals surface area (Å²) in [6.07, 6.45) is 0.375. The first-order valence-electron chi connectivity index (χ1n) is 7.14. The van der Waals surface area contributed by atoms with Gasteiger partial charge >= 0.3 is 0 Å². The number of nitrogens with one attached hydrogen (secondary N) is 1.